The van der Waals surface area contributed by atoms with Crippen molar-refractivity contribution in [2.45, 2.75) is 60.3 Å². The van der Waals surface area contributed by atoms with Crippen LogP contribution in [0, 0.1) is 29.3 Å². The molecule has 216 valence electrons. The molecule has 3 unspecified atom stereocenters. The number of sulfone groups is 1. The lowest BCUT2D eigenvalue weighted by molar-refractivity contribution is -0.133. The summed E-state index contributed by atoms with van der Waals surface area (Å²) < 4.78 is 73.1. The fourth-order valence-electron chi connectivity index (χ4n) is 6.21. The van der Waals surface area contributed by atoms with Crippen LogP contribution in [-0.2, 0) is 19.4 Å². The molecule has 3 N–H and O–H groups in total. The molecule has 0 radical (unpaired) electrons. The molecule has 2 amide bonds. The van der Waals surface area contributed by atoms with Crippen LogP contribution in [0.4, 0.5) is 18.9 Å². The second-order valence-electron chi connectivity index (χ2n) is 10.8. The van der Waals surface area contributed by atoms with Crippen LogP contribution in [0.1, 0.15) is 48.9 Å². The SMILES string of the molecule is O=C(CC1(O)C2CC[C@H]1CC(S(=O)(=O)c1cc(C(=O)Nc3cc(F)c(F)c(F)c3)ccc1Cl)C2)N[C@H]1CCOC1. The maximum Gasteiger partial charge on any atom is 0.255 e. The summed E-state index contributed by atoms with van der Waals surface area (Å²) in [7, 11) is -4.07. The highest BCUT2D eigenvalue weighted by Crippen LogP contribution is 2.53. The molecule has 2 aromatic rings. The zero-order valence-corrected chi connectivity index (χ0v) is 22.8. The van der Waals surface area contributed by atoms with Crippen molar-refractivity contribution < 1.29 is 41.0 Å². The van der Waals surface area contributed by atoms with Gasteiger partial charge in [-0.1, -0.05) is 11.6 Å². The Bertz CT molecular complexity index is 1410. The topological polar surface area (TPSA) is 122 Å². The maximum absolute atomic E-state index is 13.7. The van der Waals surface area contributed by atoms with Gasteiger partial charge in [-0.25, -0.2) is 21.6 Å². The minimum atomic E-state index is -4.07. The molecule has 1 heterocycles. The minimum Gasteiger partial charge on any atom is -0.389 e. The van der Waals surface area contributed by atoms with Gasteiger partial charge < -0.3 is 20.5 Å². The van der Waals surface area contributed by atoms with Crippen LogP contribution in [0.15, 0.2) is 35.2 Å². The average molecular weight is 601 g/mol. The van der Waals surface area contributed by atoms with Crippen LogP contribution in [-0.4, -0.2) is 55.4 Å². The van der Waals surface area contributed by atoms with E-state index in [9.17, 15) is 36.3 Å². The molecular weight excluding hydrogens is 573 g/mol. The largest absolute Gasteiger partial charge is 0.389 e. The van der Waals surface area contributed by atoms with Gasteiger partial charge in [0.2, 0.25) is 5.91 Å². The number of ether oxygens (including phenoxy) is 1. The van der Waals surface area contributed by atoms with Crippen molar-refractivity contribution in [2.24, 2.45) is 11.8 Å². The van der Waals surface area contributed by atoms with E-state index in [1.54, 1.807) is 0 Å². The fourth-order valence-corrected chi connectivity index (χ4v) is 8.61. The van der Waals surface area contributed by atoms with Gasteiger partial charge in [0.05, 0.1) is 39.8 Å². The normalized spacial score (nSPS) is 27.9. The fraction of sp³-hybridized carbons (Fsp3) is 0.481. The third-order valence-electron chi connectivity index (χ3n) is 8.29. The summed E-state index contributed by atoms with van der Waals surface area (Å²) in [5.74, 6) is -6.67. The Morgan fingerprint density at radius 2 is 1.70 bits per heavy atom. The molecular formula is C27H28ClF3N2O6S. The summed E-state index contributed by atoms with van der Waals surface area (Å²) in [6.45, 7) is 0.988. The predicted octanol–water partition coefficient (Wildman–Crippen LogP) is 4.00. The van der Waals surface area contributed by atoms with Crippen LogP contribution in [0.5, 0.6) is 0 Å². The number of nitrogens with one attached hydrogen (secondary N) is 2. The molecule has 40 heavy (non-hydrogen) atoms. The zero-order chi connectivity index (χ0) is 28.8. The van der Waals surface area contributed by atoms with Crippen LogP contribution < -0.4 is 10.6 Å². The molecule has 5 rings (SSSR count). The van der Waals surface area contributed by atoms with E-state index in [1.165, 1.54) is 12.1 Å². The minimum absolute atomic E-state index is 0.0989. The van der Waals surface area contributed by atoms with Crippen molar-refractivity contribution in [3.8, 4) is 0 Å². The molecule has 8 nitrogen and oxygen atoms in total. The lowest BCUT2D eigenvalue weighted by Gasteiger charge is -2.42. The summed E-state index contributed by atoms with van der Waals surface area (Å²) >= 11 is 6.25. The van der Waals surface area contributed by atoms with E-state index in [-0.39, 0.29) is 52.4 Å². The summed E-state index contributed by atoms with van der Waals surface area (Å²) in [5, 5.41) is 15.6. The number of rotatable bonds is 7. The molecule has 0 aromatic heterocycles. The Morgan fingerprint density at radius 3 is 2.30 bits per heavy atom. The first kappa shape index (κ1) is 28.8. The van der Waals surface area contributed by atoms with E-state index in [2.05, 4.69) is 10.6 Å². The Kier molecular flexibility index (Phi) is 7.90. The predicted molar refractivity (Wildman–Crippen MR) is 139 cm³/mol. The molecule has 3 fully saturated rings. The monoisotopic (exact) mass is 600 g/mol. The molecule has 1 saturated heterocycles. The van der Waals surface area contributed by atoms with Crippen LogP contribution in [0.2, 0.25) is 5.02 Å². The first-order chi connectivity index (χ1) is 18.9. The molecule has 2 aromatic carbocycles. The highest BCUT2D eigenvalue weighted by molar-refractivity contribution is 7.92. The molecule has 0 spiro atoms. The number of hydrogen-bond donors (Lipinski definition) is 3. The highest BCUT2D eigenvalue weighted by Gasteiger charge is 2.56. The van der Waals surface area contributed by atoms with E-state index in [1.807, 2.05) is 0 Å². The van der Waals surface area contributed by atoms with Gasteiger partial charge in [0.15, 0.2) is 27.3 Å². The van der Waals surface area contributed by atoms with E-state index >= 15 is 0 Å². The van der Waals surface area contributed by atoms with Gasteiger partial charge in [-0.15, -0.1) is 0 Å². The third-order valence-corrected chi connectivity index (χ3v) is 10.9. The Morgan fingerprint density at radius 1 is 1.05 bits per heavy atom. The van der Waals surface area contributed by atoms with Crippen molar-refractivity contribution in [1.82, 2.24) is 5.32 Å². The molecule has 3 aliphatic rings. The van der Waals surface area contributed by atoms with Gasteiger partial charge in [0.1, 0.15) is 0 Å². The molecule has 5 atom stereocenters. The van der Waals surface area contributed by atoms with Crippen molar-refractivity contribution in [1.29, 1.82) is 0 Å². The third kappa shape index (κ3) is 5.46. The Balaban J connectivity index is 1.32. The van der Waals surface area contributed by atoms with Gasteiger partial charge in [0.25, 0.3) is 5.91 Å². The van der Waals surface area contributed by atoms with E-state index in [4.69, 9.17) is 16.3 Å². The Hall–Kier alpha value is -2.67. The smallest absolute Gasteiger partial charge is 0.255 e. The standard InChI is InChI=1S/C27H28ClF3N2O6S/c28-20-4-1-14(26(35)33-18-10-21(29)25(31)22(30)11-18)7-23(20)40(37,38)19-8-15-2-3-16(9-19)27(15,36)12-24(34)32-17-5-6-39-13-17/h1,4,7,10-11,15-17,19,36H,2-3,5-6,8-9,12-13H2,(H,32,34)(H,33,35)/t15-,16?,17-,19?,27?/m0/s1. The number of amides is 2. The quantitative estimate of drug-likeness (QED) is 0.413. The van der Waals surface area contributed by atoms with E-state index < -0.39 is 55.9 Å². The summed E-state index contributed by atoms with van der Waals surface area (Å²) in [6.07, 6.45) is 1.98. The van der Waals surface area contributed by atoms with Crippen molar-refractivity contribution >= 4 is 38.9 Å². The summed E-state index contributed by atoms with van der Waals surface area (Å²) in [4.78, 5) is 25.1. The second kappa shape index (κ2) is 11.0. The molecule has 2 aliphatic carbocycles. The van der Waals surface area contributed by atoms with Crippen LogP contribution in [0.25, 0.3) is 0 Å². The number of hydrogen-bond acceptors (Lipinski definition) is 6. The van der Waals surface area contributed by atoms with Crippen molar-refractivity contribution in [3.05, 3.63) is 58.4 Å². The number of aliphatic hydroxyl groups is 1. The molecule has 1 aliphatic heterocycles. The average Bonchev–Trinajstić information content (AvgIpc) is 3.41. The van der Waals surface area contributed by atoms with Gasteiger partial charge in [-0.2, -0.15) is 0 Å². The van der Waals surface area contributed by atoms with Crippen LogP contribution >= 0.6 is 11.6 Å². The Labute approximate surface area is 234 Å². The molecule has 2 saturated carbocycles. The van der Waals surface area contributed by atoms with Gasteiger partial charge in [-0.05, 0) is 62.1 Å². The van der Waals surface area contributed by atoms with E-state index in [0.717, 1.165) is 6.07 Å². The summed E-state index contributed by atoms with van der Waals surface area (Å²) in [5.41, 5.74) is -1.81. The number of fused-ring (bicyclic) bond motifs is 2. The lowest BCUT2D eigenvalue weighted by Crippen LogP contribution is -2.51. The second-order valence-corrected chi connectivity index (χ2v) is 13.4. The number of halogens is 4. The van der Waals surface area contributed by atoms with Gasteiger partial charge >= 0.3 is 0 Å². The first-order valence-electron chi connectivity index (χ1n) is 13.0. The number of anilines is 1. The van der Waals surface area contributed by atoms with E-state index in [0.29, 0.717) is 44.6 Å². The van der Waals surface area contributed by atoms with Gasteiger partial charge in [-0.3, -0.25) is 9.59 Å². The molecule has 2 bridgehead atoms. The number of carbonyl (C=O) groups is 2. The zero-order valence-electron chi connectivity index (χ0n) is 21.3. The van der Waals surface area contributed by atoms with Crippen molar-refractivity contribution in [2.75, 3.05) is 18.5 Å². The van der Waals surface area contributed by atoms with Gasteiger partial charge in [0, 0.05) is 30.0 Å². The van der Waals surface area contributed by atoms with Crippen LogP contribution in [0.3, 0.4) is 0 Å². The summed E-state index contributed by atoms with van der Waals surface area (Å²) in [6, 6.07) is 4.68. The molecule has 13 heteroatoms. The lowest BCUT2D eigenvalue weighted by atomic mass is 9.72. The van der Waals surface area contributed by atoms with Crippen molar-refractivity contribution in [3.63, 3.8) is 0 Å². The number of benzene rings is 2. The first-order valence-corrected chi connectivity index (χ1v) is 14.9. The highest BCUT2D eigenvalue weighted by atomic mass is 35.5. The maximum atomic E-state index is 13.7. The number of carbonyl (C=O) groups excluding carboxylic acids is 2.